The molecule has 8 heteroatoms. The molecule has 1 aromatic carbocycles. The first-order valence-electron chi connectivity index (χ1n) is 11.1. The van der Waals surface area contributed by atoms with Crippen molar-refractivity contribution in [1.29, 1.82) is 0 Å². The number of anilines is 1. The lowest BCUT2D eigenvalue weighted by molar-refractivity contribution is 0.157. The topological polar surface area (TPSA) is 73.0 Å². The summed E-state index contributed by atoms with van der Waals surface area (Å²) in [5.74, 6) is 0. The molecule has 0 aliphatic carbocycles. The standard InChI is InChI=1S/C22H36N4O3S/c1-18-9-10-21(19(2)16-18)23-22(27)25-14-6-8-20(17-25)26(30(3,28)29)15-7-13-24-11-4-5-12-24/h9-10,16,20H,4-8,11-15,17H2,1-3H3,(H,23,27). The molecule has 3 rings (SSSR count). The zero-order valence-corrected chi connectivity index (χ0v) is 19.4. The Hall–Kier alpha value is -1.64. The number of rotatable bonds is 7. The van der Waals surface area contributed by atoms with Gasteiger partial charge < -0.3 is 15.1 Å². The second kappa shape index (κ2) is 10.1. The van der Waals surface area contributed by atoms with E-state index in [1.165, 1.54) is 19.1 Å². The quantitative estimate of drug-likeness (QED) is 0.713. The van der Waals surface area contributed by atoms with Gasteiger partial charge in [-0.3, -0.25) is 0 Å². The molecule has 0 spiro atoms. The number of aryl methyl sites for hydroxylation is 2. The molecule has 30 heavy (non-hydrogen) atoms. The van der Waals surface area contributed by atoms with Gasteiger partial charge in [0.1, 0.15) is 0 Å². The average molecular weight is 437 g/mol. The van der Waals surface area contributed by atoms with Crippen LogP contribution in [0.3, 0.4) is 0 Å². The number of amides is 2. The summed E-state index contributed by atoms with van der Waals surface area (Å²) in [6.07, 6.45) is 6.20. The Bertz CT molecular complexity index is 837. The zero-order valence-electron chi connectivity index (χ0n) is 18.6. The van der Waals surface area contributed by atoms with E-state index >= 15 is 0 Å². The predicted octanol–water partition coefficient (Wildman–Crippen LogP) is 3.05. The van der Waals surface area contributed by atoms with Crippen molar-refractivity contribution in [2.24, 2.45) is 0 Å². The number of hydrogen-bond donors (Lipinski definition) is 1. The molecule has 2 fully saturated rings. The Labute approximate surface area is 181 Å². The number of hydrogen-bond acceptors (Lipinski definition) is 4. The van der Waals surface area contributed by atoms with E-state index in [1.807, 2.05) is 32.0 Å². The number of sulfonamides is 1. The monoisotopic (exact) mass is 436 g/mol. The minimum Gasteiger partial charge on any atom is -0.323 e. The first kappa shape index (κ1) is 23.0. The summed E-state index contributed by atoms with van der Waals surface area (Å²) in [5.41, 5.74) is 2.98. The molecule has 0 radical (unpaired) electrons. The molecule has 2 amide bonds. The van der Waals surface area contributed by atoms with Gasteiger partial charge in [-0.1, -0.05) is 17.7 Å². The second-order valence-electron chi connectivity index (χ2n) is 8.77. The zero-order chi connectivity index (χ0) is 21.7. The number of urea groups is 1. The van der Waals surface area contributed by atoms with E-state index in [4.69, 9.17) is 0 Å². The molecular formula is C22H36N4O3S. The predicted molar refractivity (Wildman–Crippen MR) is 121 cm³/mol. The maximum Gasteiger partial charge on any atom is 0.321 e. The van der Waals surface area contributed by atoms with Crippen molar-refractivity contribution in [2.45, 2.75) is 52.0 Å². The lowest BCUT2D eigenvalue weighted by atomic mass is 10.1. The van der Waals surface area contributed by atoms with Crippen molar-refractivity contribution in [3.8, 4) is 0 Å². The molecule has 7 nitrogen and oxygen atoms in total. The van der Waals surface area contributed by atoms with E-state index in [0.29, 0.717) is 19.6 Å². The van der Waals surface area contributed by atoms with Crippen LogP contribution < -0.4 is 5.32 Å². The lowest BCUT2D eigenvalue weighted by Crippen LogP contribution is -2.52. The van der Waals surface area contributed by atoms with Crippen LogP contribution in [0.25, 0.3) is 0 Å². The highest BCUT2D eigenvalue weighted by Crippen LogP contribution is 2.22. The fourth-order valence-corrected chi connectivity index (χ4v) is 5.77. The lowest BCUT2D eigenvalue weighted by Gasteiger charge is -2.38. The smallest absolute Gasteiger partial charge is 0.321 e. The minimum absolute atomic E-state index is 0.155. The van der Waals surface area contributed by atoms with Crippen molar-refractivity contribution in [2.75, 3.05) is 50.8 Å². The number of piperidine rings is 1. The summed E-state index contributed by atoms with van der Waals surface area (Å²) < 4.78 is 26.6. The highest BCUT2D eigenvalue weighted by atomic mass is 32.2. The first-order chi connectivity index (χ1) is 14.2. The van der Waals surface area contributed by atoms with E-state index < -0.39 is 10.0 Å². The summed E-state index contributed by atoms with van der Waals surface area (Å²) in [4.78, 5) is 17.0. The molecule has 2 aliphatic heterocycles. The van der Waals surface area contributed by atoms with Gasteiger partial charge >= 0.3 is 6.03 Å². The fourth-order valence-electron chi connectivity index (χ4n) is 4.60. The molecule has 168 valence electrons. The fraction of sp³-hybridized carbons (Fsp3) is 0.682. The van der Waals surface area contributed by atoms with Crippen molar-refractivity contribution in [3.63, 3.8) is 0 Å². The maximum absolute atomic E-state index is 12.9. The average Bonchev–Trinajstić information content (AvgIpc) is 3.20. The third kappa shape index (κ3) is 6.18. The molecule has 1 atom stereocenters. The molecule has 2 saturated heterocycles. The largest absolute Gasteiger partial charge is 0.323 e. The third-order valence-corrected chi connectivity index (χ3v) is 7.52. The van der Waals surface area contributed by atoms with Crippen molar-refractivity contribution in [3.05, 3.63) is 29.3 Å². The molecule has 0 aromatic heterocycles. The number of carbonyl (C=O) groups excluding carboxylic acids is 1. The van der Waals surface area contributed by atoms with Crippen LogP contribution in [0.5, 0.6) is 0 Å². The number of nitrogens with zero attached hydrogens (tertiary/aromatic N) is 3. The number of nitrogens with one attached hydrogen (secondary N) is 1. The molecule has 1 N–H and O–H groups in total. The summed E-state index contributed by atoms with van der Waals surface area (Å²) in [6, 6.07) is 5.63. The Kier molecular flexibility index (Phi) is 7.76. The van der Waals surface area contributed by atoms with Gasteiger partial charge in [0.25, 0.3) is 0 Å². The summed E-state index contributed by atoms with van der Waals surface area (Å²) >= 11 is 0. The van der Waals surface area contributed by atoms with Crippen molar-refractivity contribution in [1.82, 2.24) is 14.1 Å². The van der Waals surface area contributed by atoms with Crippen LogP contribution in [-0.2, 0) is 10.0 Å². The van der Waals surface area contributed by atoms with Gasteiger partial charge in [-0.25, -0.2) is 13.2 Å². The van der Waals surface area contributed by atoms with Gasteiger partial charge in [0, 0.05) is 31.4 Å². The third-order valence-electron chi connectivity index (χ3n) is 6.19. The van der Waals surface area contributed by atoms with E-state index in [2.05, 4.69) is 10.2 Å². The van der Waals surface area contributed by atoms with Crippen LogP contribution in [-0.4, -0.2) is 80.1 Å². The van der Waals surface area contributed by atoms with Crippen molar-refractivity contribution >= 4 is 21.7 Å². The van der Waals surface area contributed by atoms with Gasteiger partial charge in [-0.2, -0.15) is 4.31 Å². The van der Waals surface area contributed by atoms with Crippen LogP contribution in [0.15, 0.2) is 18.2 Å². The van der Waals surface area contributed by atoms with Crippen LogP contribution in [0.2, 0.25) is 0 Å². The van der Waals surface area contributed by atoms with Gasteiger partial charge in [0.15, 0.2) is 0 Å². The van der Waals surface area contributed by atoms with Crippen LogP contribution in [0.4, 0.5) is 10.5 Å². The molecule has 2 aliphatic rings. The van der Waals surface area contributed by atoms with Gasteiger partial charge in [0.2, 0.25) is 10.0 Å². The Morgan fingerprint density at radius 3 is 2.57 bits per heavy atom. The van der Waals surface area contributed by atoms with Gasteiger partial charge in [-0.15, -0.1) is 0 Å². The number of carbonyl (C=O) groups is 1. The van der Waals surface area contributed by atoms with E-state index in [1.54, 1.807) is 9.21 Å². The van der Waals surface area contributed by atoms with Gasteiger partial charge in [0.05, 0.1) is 6.26 Å². The summed E-state index contributed by atoms with van der Waals surface area (Å²) in [7, 11) is -3.32. The van der Waals surface area contributed by atoms with E-state index in [-0.39, 0.29) is 12.1 Å². The van der Waals surface area contributed by atoms with E-state index in [9.17, 15) is 13.2 Å². The van der Waals surface area contributed by atoms with E-state index in [0.717, 1.165) is 55.7 Å². The first-order valence-corrected chi connectivity index (χ1v) is 12.9. The molecule has 1 aromatic rings. The Balaban J connectivity index is 1.60. The highest BCUT2D eigenvalue weighted by molar-refractivity contribution is 7.88. The normalized spacial score (nSPS) is 20.7. The summed E-state index contributed by atoms with van der Waals surface area (Å²) in [5, 5.41) is 3.00. The van der Waals surface area contributed by atoms with Gasteiger partial charge in [-0.05, 0) is 77.2 Å². The summed E-state index contributed by atoms with van der Waals surface area (Å²) in [6.45, 7) is 8.79. The Morgan fingerprint density at radius 2 is 1.90 bits per heavy atom. The maximum atomic E-state index is 12.9. The second-order valence-corrected chi connectivity index (χ2v) is 10.7. The molecule has 2 heterocycles. The number of benzene rings is 1. The SMILES string of the molecule is Cc1ccc(NC(=O)N2CCCC(N(CCCN3CCCC3)S(C)(=O)=O)C2)c(C)c1. The molecule has 0 saturated carbocycles. The molecule has 0 bridgehead atoms. The van der Waals surface area contributed by atoms with Crippen LogP contribution >= 0.6 is 0 Å². The van der Waals surface area contributed by atoms with Crippen LogP contribution in [0.1, 0.15) is 43.2 Å². The highest BCUT2D eigenvalue weighted by Gasteiger charge is 2.32. The molecular weight excluding hydrogens is 400 g/mol. The van der Waals surface area contributed by atoms with Crippen molar-refractivity contribution < 1.29 is 13.2 Å². The molecule has 1 unspecified atom stereocenters. The van der Waals surface area contributed by atoms with Crippen LogP contribution in [0, 0.1) is 13.8 Å². The number of likely N-dealkylation sites (tertiary alicyclic amines) is 2. The Morgan fingerprint density at radius 1 is 1.17 bits per heavy atom. The minimum atomic E-state index is -3.32.